The molecule has 0 saturated carbocycles. The second-order valence-corrected chi connectivity index (χ2v) is 8.00. The molecular weight excluding hydrogens is 480 g/mol. The van der Waals surface area contributed by atoms with Crippen molar-refractivity contribution in [1.29, 1.82) is 0 Å². The van der Waals surface area contributed by atoms with E-state index in [0.717, 1.165) is 20.6 Å². The summed E-state index contributed by atoms with van der Waals surface area (Å²) in [6, 6.07) is 15.8. The molecule has 0 fully saturated rings. The molecule has 0 spiro atoms. The first-order chi connectivity index (χ1) is 14.0. The van der Waals surface area contributed by atoms with Gasteiger partial charge in [-0.25, -0.2) is 4.39 Å². The molecule has 1 N–H and O–H groups in total. The standard InChI is InChI=1S/C22H19BrCl2FNO2/c1-28-21-9-14(11-27-12-15-4-2-3-5-19(15)24)8-18(23)22(21)29-13-16-6-7-17(26)10-20(16)25/h2-10,27H,11-13H2,1H3. The molecule has 3 aromatic carbocycles. The fourth-order valence-corrected chi connectivity index (χ4v) is 3.82. The monoisotopic (exact) mass is 497 g/mol. The molecule has 0 amide bonds. The molecule has 0 radical (unpaired) electrons. The Morgan fingerprint density at radius 3 is 2.48 bits per heavy atom. The van der Waals surface area contributed by atoms with Gasteiger partial charge in [0, 0.05) is 23.7 Å². The predicted octanol–water partition coefficient (Wildman–Crippen LogP) is 6.77. The molecule has 3 rings (SSSR count). The van der Waals surface area contributed by atoms with E-state index in [1.54, 1.807) is 13.2 Å². The lowest BCUT2D eigenvalue weighted by atomic mass is 10.1. The maximum atomic E-state index is 13.2. The summed E-state index contributed by atoms with van der Waals surface area (Å²) in [6.45, 7) is 1.48. The van der Waals surface area contributed by atoms with E-state index in [0.29, 0.717) is 35.2 Å². The van der Waals surface area contributed by atoms with Gasteiger partial charge in [-0.3, -0.25) is 0 Å². The molecule has 7 heteroatoms. The van der Waals surface area contributed by atoms with E-state index in [1.807, 2.05) is 36.4 Å². The first-order valence-electron chi connectivity index (χ1n) is 8.85. The van der Waals surface area contributed by atoms with E-state index < -0.39 is 0 Å². The normalized spacial score (nSPS) is 10.8. The minimum atomic E-state index is -0.383. The summed E-state index contributed by atoms with van der Waals surface area (Å²) in [7, 11) is 1.58. The van der Waals surface area contributed by atoms with Gasteiger partial charge in [0.2, 0.25) is 0 Å². The molecule has 0 bridgehead atoms. The van der Waals surface area contributed by atoms with Crippen molar-refractivity contribution in [2.75, 3.05) is 7.11 Å². The van der Waals surface area contributed by atoms with Crippen LogP contribution in [0.1, 0.15) is 16.7 Å². The van der Waals surface area contributed by atoms with Crippen LogP contribution in [0.3, 0.4) is 0 Å². The fraction of sp³-hybridized carbons (Fsp3) is 0.182. The van der Waals surface area contributed by atoms with Crippen molar-refractivity contribution in [3.05, 3.63) is 91.6 Å². The van der Waals surface area contributed by atoms with Crippen LogP contribution in [0.4, 0.5) is 4.39 Å². The molecule has 0 saturated heterocycles. The van der Waals surface area contributed by atoms with E-state index in [1.165, 1.54) is 12.1 Å². The van der Waals surface area contributed by atoms with Gasteiger partial charge in [0.05, 0.1) is 16.6 Å². The summed E-state index contributed by atoms with van der Waals surface area (Å²) < 4.78 is 25.3. The van der Waals surface area contributed by atoms with Gasteiger partial charge in [0.15, 0.2) is 11.5 Å². The largest absolute Gasteiger partial charge is 0.493 e. The van der Waals surface area contributed by atoms with Crippen LogP contribution >= 0.6 is 39.1 Å². The second kappa shape index (κ2) is 10.3. The van der Waals surface area contributed by atoms with Crippen molar-refractivity contribution in [3.63, 3.8) is 0 Å². The highest BCUT2D eigenvalue weighted by Crippen LogP contribution is 2.37. The molecule has 0 unspecified atom stereocenters. The Kier molecular flexibility index (Phi) is 7.78. The second-order valence-electron chi connectivity index (χ2n) is 6.33. The third kappa shape index (κ3) is 5.86. The first kappa shape index (κ1) is 21.9. The van der Waals surface area contributed by atoms with Gasteiger partial charge in [-0.15, -0.1) is 0 Å². The van der Waals surface area contributed by atoms with E-state index in [4.69, 9.17) is 32.7 Å². The zero-order valence-corrected chi connectivity index (χ0v) is 18.7. The fourth-order valence-electron chi connectivity index (χ4n) is 2.79. The van der Waals surface area contributed by atoms with Gasteiger partial charge in [0.25, 0.3) is 0 Å². The van der Waals surface area contributed by atoms with Crippen molar-refractivity contribution in [1.82, 2.24) is 5.32 Å². The Morgan fingerprint density at radius 2 is 1.76 bits per heavy atom. The third-order valence-electron chi connectivity index (χ3n) is 4.28. The van der Waals surface area contributed by atoms with E-state index in [-0.39, 0.29) is 12.4 Å². The Balaban J connectivity index is 1.67. The molecule has 0 aliphatic carbocycles. The molecule has 0 heterocycles. The minimum absolute atomic E-state index is 0.193. The lowest BCUT2D eigenvalue weighted by molar-refractivity contribution is 0.282. The summed E-state index contributed by atoms with van der Waals surface area (Å²) in [5.74, 6) is 0.765. The Morgan fingerprint density at radius 1 is 0.966 bits per heavy atom. The number of benzene rings is 3. The highest BCUT2D eigenvalue weighted by atomic mass is 79.9. The minimum Gasteiger partial charge on any atom is -0.493 e. The van der Waals surface area contributed by atoms with Gasteiger partial charge in [0.1, 0.15) is 12.4 Å². The quantitative estimate of drug-likeness (QED) is 0.371. The maximum absolute atomic E-state index is 13.2. The number of halogens is 4. The third-order valence-corrected chi connectivity index (χ3v) is 5.59. The highest BCUT2D eigenvalue weighted by molar-refractivity contribution is 9.10. The van der Waals surface area contributed by atoms with Crippen LogP contribution in [0.5, 0.6) is 11.5 Å². The molecular formula is C22H19BrCl2FNO2. The van der Waals surface area contributed by atoms with Crippen molar-refractivity contribution in [3.8, 4) is 11.5 Å². The average Bonchev–Trinajstić information content (AvgIpc) is 2.69. The number of rotatable bonds is 8. The van der Waals surface area contributed by atoms with Crippen molar-refractivity contribution < 1.29 is 13.9 Å². The molecule has 29 heavy (non-hydrogen) atoms. The van der Waals surface area contributed by atoms with Crippen molar-refractivity contribution in [2.45, 2.75) is 19.7 Å². The molecule has 152 valence electrons. The smallest absolute Gasteiger partial charge is 0.175 e. The lowest BCUT2D eigenvalue weighted by Crippen LogP contribution is -2.13. The van der Waals surface area contributed by atoms with Gasteiger partial charge in [-0.2, -0.15) is 0 Å². The zero-order chi connectivity index (χ0) is 20.8. The average molecular weight is 499 g/mol. The first-order valence-corrected chi connectivity index (χ1v) is 10.4. The molecule has 0 aliphatic heterocycles. The Bertz CT molecular complexity index is 1000. The van der Waals surface area contributed by atoms with E-state index >= 15 is 0 Å². The maximum Gasteiger partial charge on any atom is 0.175 e. The lowest BCUT2D eigenvalue weighted by Gasteiger charge is -2.15. The van der Waals surface area contributed by atoms with Gasteiger partial charge < -0.3 is 14.8 Å². The number of nitrogens with one attached hydrogen (secondary N) is 1. The van der Waals surface area contributed by atoms with E-state index in [9.17, 15) is 4.39 Å². The van der Waals surface area contributed by atoms with Crippen LogP contribution in [0.25, 0.3) is 0 Å². The molecule has 0 atom stereocenters. The van der Waals surface area contributed by atoms with Crippen LogP contribution in [0.2, 0.25) is 10.0 Å². The Hall–Kier alpha value is -1.79. The molecule has 3 aromatic rings. The summed E-state index contributed by atoms with van der Waals surface area (Å²) in [5, 5.41) is 4.43. The van der Waals surface area contributed by atoms with Crippen LogP contribution in [0, 0.1) is 5.82 Å². The van der Waals surface area contributed by atoms with Crippen molar-refractivity contribution in [2.24, 2.45) is 0 Å². The number of ether oxygens (including phenoxy) is 2. The molecule has 0 aromatic heterocycles. The molecule has 3 nitrogen and oxygen atoms in total. The predicted molar refractivity (Wildman–Crippen MR) is 118 cm³/mol. The van der Waals surface area contributed by atoms with Crippen LogP contribution in [-0.2, 0) is 19.7 Å². The highest BCUT2D eigenvalue weighted by Gasteiger charge is 2.13. The summed E-state index contributed by atoms with van der Waals surface area (Å²) in [4.78, 5) is 0. The number of hydrogen-bond acceptors (Lipinski definition) is 3. The molecule has 0 aliphatic rings. The number of methoxy groups -OCH3 is 1. The van der Waals surface area contributed by atoms with Gasteiger partial charge in [-0.1, -0.05) is 47.5 Å². The van der Waals surface area contributed by atoms with Crippen LogP contribution in [-0.4, -0.2) is 7.11 Å². The zero-order valence-electron chi connectivity index (χ0n) is 15.6. The van der Waals surface area contributed by atoms with E-state index in [2.05, 4.69) is 21.2 Å². The SMILES string of the molecule is COc1cc(CNCc2ccccc2Cl)cc(Br)c1OCc1ccc(F)cc1Cl. The van der Waals surface area contributed by atoms with Crippen molar-refractivity contribution >= 4 is 39.1 Å². The summed E-state index contributed by atoms with van der Waals surface area (Å²) in [6.07, 6.45) is 0. The van der Waals surface area contributed by atoms with Gasteiger partial charge in [-0.05, 0) is 57.4 Å². The number of hydrogen-bond donors (Lipinski definition) is 1. The summed E-state index contributed by atoms with van der Waals surface area (Å²) in [5.41, 5.74) is 2.75. The summed E-state index contributed by atoms with van der Waals surface area (Å²) >= 11 is 15.8. The Labute approximate surface area is 187 Å². The topological polar surface area (TPSA) is 30.5 Å². The van der Waals surface area contributed by atoms with Crippen LogP contribution < -0.4 is 14.8 Å². The van der Waals surface area contributed by atoms with Crippen LogP contribution in [0.15, 0.2) is 59.1 Å². The van der Waals surface area contributed by atoms with Gasteiger partial charge >= 0.3 is 0 Å².